The average molecular weight is 384 g/mol. The van der Waals surface area contributed by atoms with E-state index in [0.717, 1.165) is 24.8 Å². The van der Waals surface area contributed by atoms with Gasteiger partial charge in [0.15, 0.2) is 0 Å². The van der Waals surface area contributed by atoms with Gasteiger partial charge in [0, 0.05) is 30.0 Å². The summed E-state index contributed by atoms with van der Waals surface area (Å²) >= 11 is 5.87. The maximum atomic E-state index is 11.9. The van der Waals surface area contributed by atoms with E-state index < -0.39 is 0 Å². The van der Waals surface area contributed by atoms with Gasteiger partial charge in [-0.1, -0.05) is 47.1 Å². The maximum absolute atomic E-state index is 11.9. The van der Waals surface area contributed by atoms with Crippen molar-refractivity contribution in [1.29, 1.82) is 0 Å². The summed E-state index contributed by atoms with van der Waals surface area (Å²) in [4.78, 5) is 16.3. The first-order chi connectivity index (χ1) is 13.2. The largest absolute Gasteiger partial charge is 0.356 e. The molecule has 0 saturated carbocycles. The highest BCUT2D eigenvalue weighted by atomic mass is 35.5. The Morgan fingerprint density at radius 2 is 1.78 bits per heavy atom. The standard InChI is InChI=1S/C21H22ClN3O2/c22-18-11-9-17(10-12-18)21-24-20(27-25-21)14-13-19(26)23-15-5-4-8-16-6-2-1-3-7-16/h1-3,6-7,9-12H,4-5,8,13-15H2,(H,23,26). The molecular formula is C21H22ClN3O2. The number of nitrogens with one attached hydrogen (secondary N) is 1. The molecule has 3 rings (SSSR count). The van der Waals surface area contributed by atoms with E-state index in [9.17, 15) is 4.79 Å². The molecule has 1 heterocycles. The van der Waals surface area contributed by atoms with E-state index in [1.54, 1.807) is 12.1 Å². The van der Waals surface area contributed by atoms with E-state index in [4.69, 9.17) is 16.1 Å². The highest BCUT2D eigenvalue weighted by Crippen LogP contribution is 2.18. The molecule has 0 aliphatic heterocycles. The van der Waals surface area contributed by atoms with Crippen LogP contribution in [0.25, 0.3) is 11.4 Å². The summed E-state index contributed by atoms with van der Waals surface area (Å²) in [7, 11) is 0. The lowest BCUT2D eigenvalue weighted by Gasteiger charge is -2.04. The first-order valence-corrected chi connectivity index (χ1v) is 9.47. The molecule has 0 unspecified atom stereocenters. The lowest BCUT2D eigenvalue weighted by Crippen LogP contribution is -2.24. The van der Waals surface area contributed by atoms with Gasteiger partial charge in [-0.3, -0.25) is 4.79 Å². The van der Waals surface area contributed by atoms with Crippen molar-refractivity contribution >= 4 is 17.5 Å². The molecule has 1 amide bonds. The van der Waals surface area contributed by atoms with Crippen LogP contribution in [0.1, 0.15) is 30.7 Å². The van der Waals surface area contributed by atoms with Crippen LogP contribution in [0.4, 0.5) is 0 Å². The number of aryl methyl sites for hydroxylation is 2. The van der Waals surface area contributed by atoms with Crippen molar-refractivity contribution in [3.8, 4) is 11.4 Å². The van der Waals surface area contributed by atoms with Crippen molar-refractivity contribution in [2.24, 2.45) is 0 Å². The summed E-state index contributed by atoms with van der Waals surface area (Å²) in [5, 5.41) is 7.54. The van der Waals surface area contributed by atoms with E-state index in [1.807, 2.05) is 30.3 Å². The summed E-state index contributed by atoms with van der Waals surface area (Å²) in [6.45, 7) is 0.686. The van der Waals surface area contributed by atoms with Gasteiger partial charge in [-0.05, 0) is 49.1 Å². The lowest BCUT2D eigenvalue weighted by molar-refractivity contribution is -0.121. The number of amides is 1. The number of unbranched alkanes of at least 4 members (excludes halogenated alkanes) is 1. The molecule has 0 aliphatic rings. The Balaban J connectivity index is 1.34. The highest BCUT2D eigenvalue weighted by Gasteiger charge is 2.10. The number of carbonyl (C=O) groups excluding carboxylic acids is 1. The molecule has 3 aromatic rings. The molecular weight excluding hydrogens is 362 g/mol. The fourth-order valence-corrected chi connectivity index (χ4v) is 2.83. The molecule has 0 fully saturated rings. The zero-order valence-corrected chi connectivity index (χ0v) is 15.8. The number of nitrogens with zero attached hydrogens (tertiary/aromatic N) is 2. The summed E-state index contributed by atoms with van der Waals surface area (Å²) < 4.78 is 5.22. The smallest absolute Gasteiger partial charge is 0.227 e. The molecule has 0 atom stereocenters. The van der Waals surface area contributed by atoms with E-state index >= 15 is 0 Å². The van der Waals surface area contributed by atoms with Crippen molar-refractivity contribution < 1.29 is 9.32 Å². The molecule has 6 heteroatoms. The second kappa shape index (κ2) is 9.88. The minimum Gasteiger partial charge on any atom is -0.356 e. The zero-order chi connectivity index (χ0) is 18.9. The van der Waals surface area contributed by atoms with Gasteiger partial charge in [-0.25, -0.2) is 0 Å². The maximum Gasteiger partial charge on any atom is 0.227 e. The fourth-order valence-electron chi connectivity index (χ4n) is 2.71. The summed E-state index contributed by atoms with van der Waals surface area (Å²) in [6.07, 6.45) is 3.81. The van der Waals surface area contributed by atoms with Crippen LogP contribution in [0.5, 0.6) is 0 Å². The number of rotatable bonds is 9. The predicted molar refractivity (Wildman–Crippen MR) is 105 cm³/mol. The minimum absolute atomic E-state index is 0.000883. The van der Waals surface area contributed by atoms with E-state index in [0.29, 0.717) is 36.1 Å². The molecule has 1 N–H and O–H groups in total. The quantitative estimate of drug-likeness (QED) is 0.554. The Labute approximate surface area is 163 Å². The Morgan fingerprint density at radius 1 is 1.00 bits per heavy atom. The summed E-state index contributed by atoms with van der Waals surface area (Å²) in [5.41, 5.74) is 2.16. The molecule has 0 spiro atoms. The molecule has 0 bridgehead atoms. The van der Waals surface area contributed by atoms with Crippen molar-refractivity contribution in [3.63, 3.8) is 0 Å². The second-order valence-electron chi connectivity index (χ2n) is 6.31. The number of hydrogen-bond donors (Lipinski definition) is 1. The highest BCUT2D eigenvalue weighted by molar-refractivity contribution is 6.30. The SMILES string of the molecule is O=C(CCc1nc(-c2ccc(Cl)cc2)no1)NCCCCc1ccccc1. The fraction of sp³-hybridized carbons (Fsp3) is 0.286. The molecule has 5 nitrogen and oxygen atoms in total. The number of hydrogen-bond acceptors (Lipinski definition) is 4. The Morgan fingerprint density at radius 3 is 2.56 bits per heavy atom. The third kappa shape index (κ3) is 6.22. The van der Waals surface area contributed by atoms with E-state index in [1.165, 1.54) is 5.56 Å². The van der Waals surface area contributed by atoms with Crippen molar-refractivity contribution in [1.82, 2.24) is 15.5 Å². The molecule has 2 aromatic carbocycles. The predicted octanol–water partition coefficient (Wildman–Crippen LogP) is 4.46. The molecule has 27 heavy (non-hydrogen) atoms. The zero-order valence-electron chi connectivity index (χ0n) is 15.0. The minimum atomic E-state index is 0.000883. The molecule has 140 valence electrons. The van der Waals surface area contributed by atoms with Gasteiger partial charge in [-0.15, -0.1) is 0 Å². The van der Waals surface area contributed by atoms with Crippen LogP contribution in [0.2, 0.25) is 5.02 Å². The Bertz CT molecular complexity index is 847. The third-order valence-electron chi connectivity index (χ3n) is 4.19. The normalized spacial score (nSPS) is 10.7. The van der Waals surface area contributed by atoms with Gasteiger partial charge in [0.25, 0.3) is 0 Å². The number of carbonyl (C=O) groups is 1. The van der Waals surface area contributed by atoms with Gasteiger partial charge >= 0.3 is 0 Å². The number of halogens is 1. The molecule has 1 aromatic heterocycles. The summed E-state index contributed by atoms with van der Waals surface area (Å²) in [5.74, 6) is 0.961. The van der Waals surface area contributed by atoms with Gasteiger partial charge in [-0.2, -0.15) is 4.98 Å². The van der Waals surface area contributed by atoms with E-state index in [2.05, 4.69) is 27.6 Å². The van der Waals surface area contributed by atoms with Gasteiger partial charge in [0.05, 0.1) is 0 Å². The molecule has 0 saturated heterocycles. The van der Waals surface area contributed by atoms with Gasteiger partial charge in [0.1, 0.15) is 0 Å². The van der Waals surface area contributed by atoms with E-state index in [-0.39, 0.29) is 5.91 Å². The first-order valence-electron chi connectivity index (χ1n) is 9.10. The van der Waals surface area contributed by atoms with Crippen molar-refractivity contribution in [3.05, 3.63) is 71.1 Å². The number of benzene rings is 2. The van der Waals surface area contributed by atoms with Crippen LogP contribution >= 0.6 is 11.6 Å². The van der Waals surface area contributed by atoms with Crippen LogP contribution in [0.15, 0.2) is 59.1 Å². The van der Waals surface area contributed by atoms with Crippen LogP contribution in [-0.4, -0.2) is 22.6 Å². The number of aromatic nitrogens is 2. The molecule has 0 radical (unpaired) electrons. The van der Waals surface area contributed by atoms with Crippen LogP contribution in [0, 0.1) is 0 Å². The third-order valence-corrected chi connectivity index (χ3v) is 4.45. The Kier molecular flexibility index (Phi) is 6.99. The first kappa shape index (κ1) is 19.1. The average Bonchev–Trinajstić information content (AvgIpc) is 3.16. The van der Waals surface area contributed by atoms with Crippen molar-refractivity contribution in [2.45, 2.75) is 32.1 Å². The topological polar surface area (TPSA) is 68.0 Å². The molecule has 0 aliphatic carbocycles. The van der Waals surface area contributed by atoms with Crippen LogP contribution in [-0.2, 0) is 17.6 Å². The lowest BCUT2D eigenvalue weighted by atomic mass is 10.1. The second-order valence-corrected chi connectivity index (χ2v) is 6.75. The van der Waals surface area contributed by atoms with Crippen LogP contribution < -0.4 is 5.32 Å². The summed E-state index contributed by atoms with van der Waals surface area (Å²) in [6, 6.07) is 17.6. The van der Waals surface area contributed by atoms with Gasteiger partial charge < -0.3 is 9.84 Å². The van der Waals surface area contributed by atoms with Crippen LogP contribution in [0.3, 0.4) is 0 Å². The monoisotopic (exact) mass is 383 g/mol. The van der Waals surface area contributed by atoms with Crippen molar-refractivity contribution in [2.75, 3.05) is 6.54 Å². The Hall–Kier alpha value is -2.66. The van der Waals surface area contributed by atoms with Gasteiger partial charge in [0.2, 0.25) is 17.6 Å².